The molecule has 1 aliphatic heterocycles. The minimum absolute atomic E-state index is 0.0297. The lowest BCUT2D eigenvalue weighted by atomic mass is 10.1. The van der Waals surface area contributed by atoms with Crippen molar-refractivity contribution in [2.45, 2.75) is 13.3 Å². The third-order valence-corrected chi connectivity index (χ3v) is 3.82. The average molecular weight is 300 g/mol. The van der Waals surface area contributed by atoms with Crippen LogP contribution in [0.1, 0.15) is 13.3 Å². The van der Waals surface area contributed by atoms with Crippen molar-refractivity contribution in [1.82, 2.24) is 5.32 Å². The number of ether oxygens (including phenoxy) is 1. The zero-order valence-electron chi connectivity index (χ0n) is 13.3. The van der Waals surface area contributed by atoms with Crippen molar-refractivity contribution >= 4 is 11.6 Å². The topological polar surface area (TPSA) is 41.6 Å². The van der Waals surface area contributed by atoms with Gasteiger partial charge in [-0.3, -0.25) is 4.79 Å². The predicted molar refractivity (Wildman–Crippen MR) is 90.3 cm³/mol. The molecule has 118 valence electrons. The van der Waals surface area contributed by atoms with Crippen LogP contribution < -0.4 is 15.0 Å². The number of anilines is 1. The highest BCUT2D eigenvalue weighted by Crippen LogP contribution is 2.26. The smallest absolute Gasteiger partial charge is 0.243 e. The van der Waals surface area contributed by atoms with Gasteiger partial charge in [0.25, 0.3) is 0 Å². The van der Waals surface area contributed by atoms with E-state index >= 15 is 0 Å². The largest absolute Gasteiger partial charge is 0.497 e. The maximum absolute atomic E-state index is 11.6. The molecule has 1 amide bonds. The number of amides is 1. The molecule has 1 saturated heterocycles. The SMILES string of the molecule is C/C=C/C=C\C(=O)NC[C@@H]1CCN(c2cccc(OC)c2)C1. The molecule has 1 fully saturated rings. The first kappa shape index (κ1) is 16.1. The summed E-state index contributed by atoms with van der Waals surface area (Å²) in [5, 5.41) is 2.97. The van der Waals surface area contributed by atoms with Crippen LogP contribution in [0.15, 0.2) is 48.6 Å². The van der Waals surface area contributed by atoms with E-state index in [2.05, 4.69) is 22.3 Å². The van der Waals surface area contributed by atoms with Crippen molar-refractivity contribution in [3.05, 3.63) is 48.6 Å². The van der Waals surface area contributed by atoms with Gasteiger partial charge in [0.05, 0.1) is 7.11 Å². The van der Waals surface area contributed by atoms with Gasteiger partial charge in [0.1, 0.15) is 5.75 Å². The number of allylic oxidation sites excluding steroid dienone is 3. The Morgan fingerprint density at radius 1 is 1.45 bits per heavy atom. The summed E-state index contributed by atoms with van der Waals surface area (Å²) in [6.45, 7) is 4.63. The summed E-state index contributed by atoms with van der Waals surface area (Å²) in [4.78, 5) is 14.0. The Morgan fingerprint density at radius 2 is 2.32 bits per heavy atom. The van der Waals surface area contributed by atoms with Crippen LogP contribution >= 0.6 is 0 Å². The predicted octanol–water partition coefficient (Wildman–Crippen LogP) is 2.77. The van der Waals surface area contributed by atoms with Crippen LogP contribution in [0.4, 0.5) is 5.69 Å². The minimum Gasteiger partial charge on any atom is -0.497 e. The number of hydrogen-bond acceptors (Lipinski definition) is 3. The molecule has 0 spiro atoms. The van der Waals surface area contributed by atoms with E-state index in [0.717, 1.165) is 31.8 Å². The van der Waals surface area contributed by atoms with Crippen LogP contribution in [0, 0.1) is 5.92 Å². The van der Waals surface area contributed by atoms with Gasteiger partial charge in [0.2, 0.25) is 5.91 Å². The van der Waals surface area contributed by atoms with Crippen molar-refractivity contribution in [2.75, 3.05) is 31.6 Å². The van der Waals surface area contributed by atoms with Crippen molar-refractivity contribution in [3.63, 3.8) is 0 Å². The van der Waals surface area contributed by atoms with Crippen LogP contribution in [0.2, 0.25) is 0 Å². The number of hydrogen-bond donors (Lipinski definition) is 1. The molecule has 1 N–H and O–H groups in total. The number of benzene rings is 1. The van der Waals surface area contributed by atoms with Gasteiger partial charge in [0, 0.05) is 37.5 Å². The van der Waals surface area contributed by atoms with Gasteiger partial charge in [-0.2, -0.15) is 0 Å². The quantitative estimate of drug-likeness (QED) is 0.649. The van der Waals surface area contributed by atoms with E-state index in [1.807, 2.05) is 31.2 Å². The van der Waals surface area contributed by atoms with Gasteiger partial charge < -0.3 is 15.0 Å². The van der Waals surface area contributed by atoms with Crippen molar-refractivity contribution in [3.8, 4) is 5.75 Å². The summed E-state index contributed by atoms with van der Waals surface area (Å²) in [7, 11) is 1.68. The molecule has 0 aromatic heterocycles. The summed E-state index contributed by atoms with van der Waals surface area (Å²) in [5.41, 5.74) is 1.18. The number of nitrogens with zero attached hydrogens (tertiary/aromatic N) is 1. The first-order chi connectivity index (χ1) is 10.7. The van der Waals surface area contributed by atoms with E-state index in [-0.39, 0.29) is 5.91 Å². The van der Waals surface area contributed by atoms with Gasteiger partial charge in [-0.1, -0.05) is 24.3 Å². The van der Waals surface area contributed by atoms with E-state index in [1.54, 1.807) is 19.3 Å². The lowest BCUT2D eigenvalue weighted by Gasteiger charge is -2.19. The highest BCUT2D eigenvalue weighted by molar-refractivity contribution is 5.87. The normalized spacial score (nSPS) is 18.3. The third kappa shape index (κ3) is 4.65. The van der Waals surface area contributed by atoms with Crippen LogP contribution in [0.25, 0.3) is 0 Å². The molecule has 0 bridgehead atoms. The molecule has 22 heavy (non-hydrogen) atoms. The van der Waals surface area contributed by atoms with Gasteiger partial charge in [-0.15, -0.1) is 0 Å². The van der Waals surface area contributed by atoms with Crippen molar-refractivity contribution in [1.29, 1.82) is 0 Å². The molecule has 4 heteroatoms. The zero-order chi connectivity index (χ0) is 15.8. The van der Waals surface area contributed by atoms with Gasteiger partial charge >= 0.3 is 0 Å². The number of methoxy groups -OCH3 is 1. The fourth-order valence-electron chi connectivity index (χ4n) is 2.60. The number of carbonyl (C=O) groups is 1. The molecule has 1 aromatic carbocycles. The molecule has 1 aliphatic rings. The monoisotopic (exact) mass is 300 g/mol. The maximum Gasteiger partial charge on any atom is 0.243 e. The van der Waals surface area contributed by atoms with Crippen LogP contribution in [0.3, 0.4) is 0 Å². The summed E-state index contributed by atoms with van der Waals surface area (Å²) in [6.07, 6.45) is 8.16. The Labute approximate surface area is 132 Å². The summed E-state index contributed by atoms with van der Waals surface area (Å²) in [5.74, 6) is 1.34. The van der Waals surface area contributed by atoms with E-state index in [1.165, 1.54) is 5.69 Å². The van der Waals surface area contributed by atoms with Crippen molar-refractivity contribution in [2.24, 2.45) is 5.92 Å². The van der Waals surface area contributed by atoms with Crippen LogP contribution in [0.5, 0.6) is 5.75 Å². The Kier molecular flexibility index (Phi) is 6.07. The Bertz CT molecular complexity index is 552. The third-order valence-electron chi connectivity index (χ3n) is 3.82. The second kappa shape index (κ2) is 8.27. The first-order valence-corrected chi connectivity index (χ1v) is 7.69. The fraction of sp³-hybridized carbons (Fsp3) is 0.389. The van der Waals surface area contributed by atoms with Crippen LogP contribution in [-0.4, -0.2) is 32.7 Å². The average Bonchev–Trinajstić information content (AvgIpc) is 3.02. The van der Waals surface area contributed by atoms with Gasteiger partial charge in [0.15, 0.2) is 0 Å². The van der Waals surface area contributed by atoms with E-state index in [4.69, 9.17) is 4.74 Å². The molecular formula is C18H24N2O2. The van der Waals surface area contributed by atoms with Crippen LogP contribution in [-0.2, 0) is 4.79 Å². The lowest BCUT2D eigenvalue weighted by molar-refractivity contribution is -0.116. The molecule has 2 rings (SSSR count). The highest BCUT2D eigenvalue weighted by atomic mass is 16.5. The molecule has 1 atom stereocenters. The van der Waals surface area contributed by atoms with E-state index in [9.17, 15) is 4.79 Å². The molecule has 0 unspecified atom stereocenters. The molecule has 0 saturated carbocycles. The molecule has 1 heterocycles. The highest BCUT2D eigenvalue weighted by Gasteiger charge is 2.23. The van der Waals surface area contributed by atoms with Gasteiger partial charge in [-0.05, 0) is 31.4 Å². The summed E-state index contributed by atoms with van der Waals surface area (Å²) < 4.78 is 5.27. The van der Waals surface area contributed by atoms with Gasteiger partial charge in [-0.25, -0.2) is 0 Å². The maximum atomic E-state index is 11.6. The lowest BCUT2D eigenvalue weighted by Crippen LogP contribution is -2.29. The summed E-state index contributed by atoms with van der Waals surface area (Å²) in [6, 6.07) is 8.12. The number of rotatable bonds is 6. The molecule has 4 nitrogen and oxygen atoms in total. The molecule has 0 aliphatic carbocycles. The fourth-order valence-corrected chi connectivity index (χ4v) is 2.60. The second-order valence-electron chi connectivity index (χ2n) is 5.43. The Hall–Kier alpha value is -2.23. The Balaban J connectivity index is 1.81. The van der Waals surface area contributed by atoms with E-state index in [0.29, 0.717) is 5.92 Å². The molecule has 0 radical (unpaired) electrons. The molecular weight excluding hydrogens is 276 g/mol. The second-order valence-corrected chi connectivity index (χ2v) is 5.43. The number of nitrogens with one attached hydrogen (secondary N) is 1. The standard InChI is InChI=1S/C18H24N2O2/c1-3-4-5-9-18(21)19-13-15-10-11-20(14-15)16-7-6-8-17(12-16)22-2/h3-9,12,15H,10-11,13-14H2,1-2H3,(H,19,21)/b4-3+,9-5-/t15-/m0/s1. The number of carbonyl (C=O) groups excluding carboxylic acids is 1. The Morgan fingerprint density at radius 3 is 3.09 bits per heavy atom. The van der Waals surface area contributed by atoms with E-state index < -0.39 is 0 Å². The first-order valence-electron chi connectivity index (χ1n) is 7.69. The van der Waals surface area contributed by atoms with Crippen molar-refractivity contribution < 1.29 is 9.53 Å². The zero-order valence-corrected chi connectivity index (χ0v) is 13.3. The summed E-state index contributed by atoms with van der Waals surface area (Å²) >= 11 is 0. The minimum atomic E-state index is -0.0297. The molecule has 1 aromatic rings.